The first-order chi connectivity index (χ1) is 7.26. The summed E-state index contributed by atoms with van der Waals surface area (Å²) in [6, 6.07) is 0.421. The second-order valence-electron chi connectivity index (χ2n) is 3.82. The van der Waals surface area contributed by atoms with Crippen LogP contribution in [0.25, 0.3) is 0 Å². The lowest BCUT2D eigenvalue weighted by atomic mass is 10.2. The number of hydrogen-bond acceptors (Lipinski definition) is 3. The molecule has 0 aliphatic heterocycles. The van der Waals surface area contributed by atoms with Crippen LogP contribution in [0.15, 0.2) is 12.4 Å². The molecule has 1 N–H and O–H groups in total. The van der Waals surface area contributed by atoms with Gasteiger partial charge in [-0.1, -0.05) is 6.92 Å². The second kappa shape index (κ2) is 6.45. The molecule has 0 amide bonds. The number of hydrogen-bond donors (Lipinski definition) is 1. The molecule has 0 bridgehead atoms. The topological polar surface area (TPSA) is 39.1 Å². The summed E-state index contributed by atoms with van der Waals surface area (Å²) >= 11 is 0. The average molecular weight is 211 g/mol. The minimum Gasteiger partial charge on any atom is -0.385 e. The van der Waals surface area contributed by atoms with E-state index in [9.17, 15) is 0 Å². The van der Waals surface area contributed by atoms with Crippen molar-refractivity contribution in [1.82, 2.24) is 9.78 Å². The molecule has 1 aromatic rings. The molecule has 0 saturated carbocycles. The highest BCUT2D eigenvalue weighted by atomic mass is 16.5. The van der Waals surface area contributed by atoms with Gasteiger partial charge in [0.2, 0.25) is 0 Å². The van der Waals surface area contributed by atoms with E-state index in [1.807, 2.05) is 17.1 Å². The van der Waals surface area contributed by atoms with E-state index in [2.05, 4.69) is 24.3 Å². The number of methoxy groups -OCH3 is 1. The van der Waals surface area contributed by atoms with Crippen molar-refractivity contribution in [2.75, 3.05) is 19.0 Å². The van der Waals surface area contributed by atoms with Crippen molar-refractivity contribution in [3.05, 3.63) is 12.4 Å². The molecular weight excluding hydrogens is 190 g/mol. The minimum absolute atomic E-state index is 0.421. The Kier molecular flexibility index (Phi) is 5.18. The molecule has 0 unspecified atom stereocenters. The number of rotatable bonds is 7. The molecule has 0 fully saturated rings. The molecule has 1 atom stereocenters. The smallest absolute Gasteiger partial charge is 0.0728 e. The Labute approximate surface area is 91.6 Å². The summed E-state index contributed by atoms with van der Waals surface area (Å²) in [7, 11) is 1.73. The van der Waals surface area contributed by atoms with Crippen molar-refractivity contribution in [2.45, 2.75) is 39.3 Å². The summed E-state index contributed by atoms with van der Waals surface area (Å²) in [5, 5.41) is 7.65. The lowest BCUT2D eigenvalue weighted by Gasteiger charge is -2.12. The molecule has 4 nitrogen and oxygen atoms in total. The van der Waals surface area contributed by atoms with Crippen LogP contribution in [-0.2, 0) is 11.3 Å². The molecule has 86 valence electrons. The number of ether oxygens (including phenoxy) is 1. The van der Waals surface area contributed by atoms with Gasteiger partial charge in [0, 0.05) is 32.5 Å². The highest BCUT2D eigenvalue weighted by Gasteiger charge is 2.03. The van der Waals surface area contributed by atoms with Crippen LogP contribution in [0.5, 0.6) is 0 Å². The summed E-state index contributed by atoms with van der Waals surface area (Å²) in [5.41, 5.74) is 1.09. The summed E-state index contributed by atoms with van der Waals surface area (Å²) in [4.78, 5) is 0. The van der Waals surface area contributed by atoms with Gasteiger partial charge < -0.3 is 10.1 Å². The third kappa shape index (κ3) is 4.34. The third-order valence-electron chi connectivity index (χ3n) is 2.25. The standard InChI is InChI=1S/C11H21N3O/c1-4-6-14-9-11(8-12-14)13-10(2)5-7-15-3/h8-10,13H,4-7H2,1-3H3/t10-/m1/s1. The number of aryl methyl sites for hydroxylation is 1. The summed E-state index contributed by atoms with van der Waals surface area (Å²) in [6.45, 7) is 6.07. The van der Waals surface area contributed by atoms with Gasteiger partial charge >= 0.3 is 0 Å². The molecule has 1 rings (SSSR count). The van der Waals surface area contributed by atoms with E-state index < -0.39 is 0 Å². The predicted octanol–water partition coefficient (Wildman–Crippen LogP) is 2.13. The molecule has 0 aliphatic rings. The maximum Gasteiger partial charge on any atom is 0.0728 e. The van der Waals surface area contributed by atoms with Gasteiger partial charge in [0.05, 0.1) is 11.9 Å². The second-order valence-corrected chi connectivity index (χ2v) is 3.82. The first kappa shape index (κ1) is 12.0. The molecule has 0 saturated heterocycles. The van der Waals surface area contributed by atoms with Crippen molar-refractivity contribution in [3.8, 4) is 0 Å². The Morgan fingerprint density at radius 1 is 1.60 bits per heavy atom. The fourth-order valence-corrected chi connectivity index (χ4v) is 1.44. The Hall–Kier alpha value is -1.03. The van der Waals surface area contributed by atoms with Gasteiger partial charge in [-0.05, 0) is 19.8 Å². The molecule has 4 heteroatoms. The van der Waals surface area contributed by atoms with Crippen molar-refractivity contribution in [1.29, 1.82) is 0 Å². The summed E-state index contributed by atoms with van der Waals surface area (Å²) in [5.74, 6) is 0. The van der Waals surface area contributed by atoms with Crippen LogP contribution in [0.2, 0.25) is 0 Å². The van der Waals surface area contributed by atoms with E-state index >= 15 is 0 Å². The number of nitrogens with one attached hydrogen (secondary N) is 1. The van der Waals surface area contributed by atoms with Crippen molar-refractivity contribution >= 4 is 5.69 Å². The van der Waals surface area contributed by atoms with Crippen molar-refractivity contribution < 1.29 is 4.74 Å². The van der Waals surface area contributed by atoms with Crippen LogP contribution in [0.1, 0.15) is 26.7 Å². The normalized spacial score (nSPS) is 12.7. The number of anilines is 1. The van der Waals surface area contributed by atoms with Crippen LogP contribution in [-0.4, -0.2) is 29.5 Å². The molecule has 0 spiro atoms. The highest BCUT2D eigenvalue weighted by molar-refractivity contribution is 5.38. The van der Waals surface area contributed by atoms with Gasteiger partial charge in [0.25, 0.3) is 0 Å². The van der Waals surface area contributed by atoms with E-state index in [-0.39, 0.29) is 0 Å². The molecule has 0 aromatic carbocycles. The van der Waals surface area contributed by atoms with Crippen LogP contribution in [0.4, 0.5) is 5.69 Å². The van der Waals surface area contributed by atoms with E-state index in [0.717, 1.165) is 31.7 Å². The Morgan fingerprint density at radius 2 is 2.40 bits per heavy atom. The minimum atomic E-state index is 0.421. The van der Waals surface area contributed by atoms with Crippen molar-refractivity contribution in [2.24, 2.45) is 0 Å². The lowest BCUT2D eigenvalue weighted by Crippen LogP contribution is -2.16. The largest absolute Gasteiger partial charge is 0.385 e. The molecule has 0 radical (unpaired) electrons. The van der Waals surface area contributed by atoms with Gasteiger partial charge in [0.15, 0.2) is 0 Å². The van der Waals surface area contributed by atoms with Gasteiger partial charge in [-0.15, -0.1) is 0 Å². The monoisotopic (exact) mass is 211 g/mol. The molecular formula is C11H21N3O. The van der Waals surface area contributed by atoms with E-state index in [0.29, 0.717) is 6.04 Å². The Balaban J connectivity index is 2.35. The number of aromatic nitrogens is 2. The van der Waals surface area contributed by atoms with Crippen LogP contribution in [0, 0.1) is 0 Å². The summed E-state index contributed by atoms with van der Waals surface area (Å²) < 4.78 is 7.00. The van der Waals surface area contributed by atoms with Gasteiger partial charge in [-0.25, -0.2) is 0 Å². The Morgan fingerprint density at radius 3 is 3.07 bits per heavy atom. The van der Waals surface area contributed by atoms with Crippen molar-refractivity contribution in [3.63, 3.8) is 0 Å². The predicted molar refractivity (Wildman–Crippen MR) is 62.1 cm³/mol. The summed E-state index contributed by atoms with van der Waals surface area (Å²) in [6.07, 6.45) is 6.04. The SMILES string of the molecule is CCCn1cc(N[C@H](C)CCOC)cn1. The fraction of sp³-hybridized carbons (Fsp3) is 0.727. The average Bonchev–Trinajstić information content (AvgIpc) is 2.63. The van der Waals surface area contributed by atoms with E-state index in [4.69, 9.17) is 4.74 Å². The zero-order chi connectivity index (χ0) is 11.1. The molecule has 1 heterocycles. The van der Waals surface area contributed by atoms with Crippen LogP contribution < -0.4 is 5.32 Å². The zero-order valence-corrected chi connectivity index (χ0v) is 9.86. The van der Waals surface area contributed by atoms with Crippen LogP contribution >= 0.6 is 0 Å². The first-order valence-corrected chi connectivity index (χ1v) is 5.54. The maximum atomic E-state index is 5.03. The van der Waals surface area contributed by atoms with Crippen LogP contribution in [0.3, 0.4) is 0 Å². The highest BCUT2D eigenvalue weighted by Crippen LogP contribution is 2.08. The van der Waals surface area contributed by atoms with Gasteiger partial charge in [0.1, 0.15) is 0 Å². The first-order valence-electron chi connectivity index (χ1n) is 5.54. The molecule has 15 heavy (non-hydrogen) atoms. The Bertz CT molecular complexity index is 273. The quantitative estimate of drug-likeness (QED) is 0.751. The maximum absolute atomic E-state index is 5.03. The van der Waals surface area contributed by atoms with Gasteiger partial charge in [-0.2, -0.15) is 5.10 Å². The third-order valence-corrected chi connectivity index (χ3v) is 2.25. The van der Waals surface area contributed by atoms with E-state index in [1.165, 1.54) is 0 Å². The zero-order valence-electron chi connectivity index (χ0n) is 9.86. The lowest BCUT2D eigenvalue weighted by molar-refractivity contribution is 0.191. The van der Waals surface area contributed by atoms with Gasteiger partial charge in [-0.3, -0.25) is 4.68 Å². The fourth-order valence-electron chi connectivity index (χ4n) is 1.44. The van der Waals surface area contributed by atoms with E-state index in [1.54, 1.807) is 7.11 Å². The number of nitrogens with zero attached hydrogens (tertiary/aromatic N) is 2. The molecule has 1 aromatic heterocycles. The molecule has 0 aliphatic carbocycles.